The molecule has 4 heteroatoms. The number of halogens is 3. The van der Waals surface area contributed by atoms with E-state index in [4.69, 9.17) is 34.8 Å². The molecule has 1 rings (SSSR count). The van der Waals surface area contributed by atoms with Crippen LogP contribution >= 0.6 is 34.8 Å². The molecule has 0 atom stereocenters. The Morgan fingerprint density at radius 1 is 1.00 bits per heavy atom. The van der Waals surface area contributed by atoms with Gasteiger partial charge in [0.15, 0.2) is 0 Å². The fourth-order valence-electron chi connectivity index (χ4n) is 0.622. The SMILES string of the molecule is Clc1cc[c]([SnH3])c(Cl)c1Cl. The third-order valence-electron chi connectivity index (χ3n) is 1.23. The van der Waals surface area contributed by atoms with Crippen molar-refractivity contribution in [3.05, 3.63) is 27.2 Å². The van der Waals surface area contributed by atoms with Crippen LogP contribution in [0.4, 0.5) is 0 Å². The predicted molar refractivity (Wildman–Crippen MR) is 51.0 cm³/mol. The average molecular weight is 302 g/mol. The molecule has 0 aliphatic rings. The molecular weight excluding hydrogens is 297 g/mol. The molecule has 0 aliphatic heterocycles. The Hall–Kier alpha value is 0.889. The number of hydrogen-bond acceptors (Lipinski definition) is 0. The van der Waals surface area contributed by atoms with Crippen LogP contribution in [0, 0.1) is 0 Å². The Kier molecular flexibility index (Phi) is 3.17. The van der Waals surface area contributed by atoms with Gasteiger partial charge in [-0.2, -0.15) is 0 Å². The molecule has 0 bridgehead atoms. The van der Waals surface area contributed by atoms with Crippen LogP contribution in [0.1, 0.15) is 0 Å². The van der Waals surface area contributed by atoms with Gasteiger partial charge in [-0.3, -0.25) is 0 Å². The maximum absolute atomic E-state index is 5.82. The molecule has 10 heavy (non-hydrogen) atoms. The molecule has 54 valence electrons. The molecule has 0 saturated heterocycles. The van der Waals surface area contributed by atoms with Crippen molar-refractivity contribution >= 4 is 60.9 Å². The van der Waals surface area contributed by atoms with Gasteiger partial charge in [-0.05, 0) is 0 Å². The van der Waals surface area contributed by atoms with E-state index < -0.39 is 0 Å². The minimum atomic E-state index is 0.395. The Labute approximate surface area is 87.6 Å². The topological polar surface area (TPSA) is 0 Å². The summed E-state index contributed by atoms with van der Waals surface area (Å²) in [6, 6.07) is 3.70. The van der Waals surface area contributed by atoms with Crippen LogP contribution in [0.3, 0.4) is 0 Å². The summed E-state index contributed by atoms with van der Waals surface area (Å²) in [7, 11) is 0. The third kappa shape index (κ3) is 1.73. The van der Waals surface area contributed by atoms with Crippen LogP contribution in [-0.2, 0) is 0 Å². The Bertz CT molecular complexity index is 232. The van der Waals surface area contributed by atoms with Crippen molar-refractivity contribution in [3.8, 4) is 0 Å². The van der Waals surface area contributed by atoms with Gasteiger partial charge in [0.2, 0.25) is 0 Å². The predicted octanol–water partition coefficient (Wildman–Crippen LogP) is 1.64. The summed E-state index contributed by atoms with van der Waals surface area (Å²) in [5.74, 6) is 0. The second-order valence-corrected chi connectivity index (χ2v) is 6.23. The van der Waals surface area contributed by atoms with Gasteiger partial charge in [0.25, 0.3) is 0 Å². The summed E-state index contributed by atoms with van der Waals surface area (Å²) < 4.78 is 1.15. The van der Waals surface area contributed by atoms with E-state index in [9.17, 15) is 0 Å². The molecule has 0 aliphatic carbocycles. The molecule has 0 aromatic heterocycles. The van der Waals surface area contributed by atoms with E-state index in [0.29, 0.717) is 37.6 Å². The van der Waals surface area contributed by atoms with Gasteiger partial charge < -0.3 is 0 Å². The molecule has 0 amide bonds. The number of hydrogen-bond donors (Lipinski definition) is 0. The molecule has 0 N–H and O–H groups in total. The van der Waals surface area contributed by atoms with Crippen LogP contribution < -0.4 is 3.58 Å². The van der Waals surface area contributed by atoms with Gasteiger partial charge in [-0.15, -0.1) is 0 Å². The van der Waals surface area contributed by atoms with Gasteiger partial charge in [0.1, 0.15) is 0 Å². The molecular formula is C6H5Cl3Sn. The molecule has 0 spiro atoms. The second kappa shape index (κ2) is 3.52. The Morgan fingerprint density at radius 2 is 1.60 bits per heavy atom. The van der Waals surface area contributed by atoms with Crippen molar-refractivity contribution < 1.29 is 0 Å². The summed E-state index contributed by atoms with van der Waals surface area (Å²) in [5.41, 5.74) is 0. The number of rotatable bonds is 0. The molecule has 0 unspecified atom stereocenters. The molecule has 0 radical (unpaired) electrons. The van der Waals surface area contributed by atoms with Crippen LogP contribution in [-0.4, -0.2) is 22.5 Å². The van der Waals surface area contributed by atoms with Crippen LogP contribution in [0.2, 0.25) is 15.1 Å². The van der Waals surface area contributed by atoms with Gasteiger partial charge in [-0.1, -0.05) is 0 Å². The summed E-state index contributed by atoms with van der Waals surface area (Å²) in [5, 5.41) is 1.65. The molecule has 1 aromatic carbocycles. The summed E-state index contributed by atoms with van der Waals surface area (Å²) in [6.45, 7) is 0. The van der Waals surface area contributed by atoms with E-state index in [1.165, 1.54) is 0 Å². The van der Waals surface area contributed by atoms with E-state index in [2.05, 4.69) is 0 Å². The molecule has 0 heterocycles. The van der Waals surface area contributed by atoms with Gasteiger partial charge in [0.05, 0.1) is 0 Å². The zero-order valence-electron chi connectivity index (χ0n) is 5.29. The number of benzene rings is 1. The minimum absolute atomic E-state index is 0.395. The third-order valence-corrected chi connectivity index (χ3v) is 5.90. The molecule has 0 saturated carbocycles. The van der Waals surface area contributed by atoms with Gasteiger partial charge >= 0.3 is 88.1 Å². The monoisotopic (exact) mass is 302 g/mol. The standard InChI is InChI=1S/C6H2Cl3.Sn.3H/c7-4-2-1-3-5(8)6(4)9;;;;/h1-2H;;;;. The van der Waals surface area contributed by atoms with E-state index in [1.54, 1.807) is 6.07 Å². The van der Waals surface area contributed by atoms with Crippen molar-refractivity contribution in [1.29, 1.82) is 0 Å². The van der Waals surface area contributed by atoms with E-state index in [-0.39, 0.29) is 0 Å². The van der Waals surface area contributed by atoms with E-state index in [1.807, 2.05) is 6.07 Å². The van der Waals surface area contributed by atoms with Crippen molar-refractivity contribution in [2.75, 3.05) is 0 Å². The normalized spacial score (nSPS) is 10.3. The zero-order chi connectivity index (χ0) is 7.72. The van der Waals surface area contributed by atoms with Crippen molar-refractivity contribution in [2.45, 2.75) is 0 Å². The van der Waals surface area contributed by atoms with Crippen LogP contribution in [0.25, 0.3) is 0 Å². The first kappa shape index (κ1) is 8.98. The Morgan fingerprint density at radius 3 is 2.10 bits per heavy atom. The van der Waals surface area contributed by atoms with Crippen LogP contribution in [0.15, 0.2) is 12.1 Å². The van der Waals surface area contributed by atoms with Gasteiger partial charge in [0, 0.05) is 0 Å². The van der Waals surface area contributed by atoms with Gasteiger partial charge in [-0.25, -0.2) is 0 Å². The molecule has 1 aromatic rings. The maximum atomic E-state index is 5.82. The van der Waals surface area contributed by atoms with E-state index >= 15 is 0 Å². The van der Waals surface area contributed by atoms with E-state index in [0.717, 1.165) is 3.58 Å². The fraction of sp³-hybridized carbons (Fsp3) is 0. The molecule has 0 fully saturated rings. The van der Waals surface area contributed by atoms with Crippen molar-refractivity contribution in [2.24, 2.45) is 0 Å². The first-order chi connectivity index (χ1) is 4.63. The summed E-state index contributed by atoms with van der Waals surface area (Å²) in [6.07, 6.45) is 0. The molecule has 0 nitrogen and oxygen atoms in total. The quantitative estimate of drug-likeness (QED) is 0.505. The average Bonchev–Trinajstić information content (AvgIpc) is 1.93. The van der Waals surface area contributed by atoms with Crippen molar-refractivity contribution in [1.82, 2.24) is 0 Å². The summed E-state index contributed by atoms with van der Waals surface area (Å²) >= 11 is 17.7. The van der Waals surface area contributed by atoms with Crippen molar-refractivity contribution in [3.63, 3.8) is 0 Å². The first-order valence-corrected chi connectivity index (χ1v) is 6.72. The van der Waals surface area contributed by atoms with Crippen LogP contribution in [0.5, 0.6) is 0 Å². The Balaban J connectivity index is 3.34. The zero-order valence-corrected chi connectivity index (χ0v) is 13.3. The summed E-state index contributed by atoms with van der Waals surface area (Å²) in [4.78, 5) is 0. The first-order valence-electron chi connectivity index (χ1n) is 2.73. The second-order valence-electron chi connectivity index (χ2n) is 1.99. The fourth-order valence-corrected chi connectivity index (χ4v) is 2.85.